The number of hydrogen-bond donors (Lipinski definition) is 1. The minimum Gasteiger partial charge on any atom is -0.352 e. The number of nitrogens with zero attached hydrogens (tertiary/aromatic N) is 4. The summed E-state index contributed by atoms with van der Waals surface area (Å²) in [7, 11) is 0. The van der Waals surface area contributed by atoms with Crippen molar-refractivity contribution in [2.24, 2.45) is 0 Å². The Morgan fingerprint density at radius 2 is 1.90 bits per heavy atom. The first-order valence-electron chi connectivity index (χ1n) is 6.94. The van der Waals surface area contributed by atoms with Gasteiger partial charge < -0.3 is 10.2 Å². The van der Waals surface area contributed by atoms with Gasteiger partial charge >= 0.3 is 0 Å². The quantitative estimate of drug-likeness (QED) is 0.911. The number of anilines is 1. The molecule has 104 valence electrons. The number of amides is 1. The molecule has 0 atom stereocenters. The third kappa shape index (κ3) is 2.84. The van der Waals surface area contributed by atoms with Gasteiger partial charge in [-0.1, -0.05) is 12.1 Å². The van der Waals surface area contributed by atoms with E-state index in [0.29, 0.717) is 18.9 Å². The van der Waals surface area contributed by atoms with Crippen LogP contribution < -0.4 is 5.32 Å². The third-order valence-corrected chi connectivity index (χ3v) is 3.44. The van der Waals surface area contributed by atoms with Crippen molar-refractivity contribution in [2.75, 3.05) is 25.0 Å². The Morgan fingerprint density at radius 3 is 2.70 bits per heavy atom. The maximum Gasteiger partial charge on any atom is 0.243 e. The number of likely N-dealkylation sites (tertiary alicyclic amines) is 1. The number of nitrogens with one attached hydrogen (secondary N) is 1. The highest BCUT2D eigenvalue weighted by Gasteiger charge is 2.17. The van der Waals surface area contributed by atoms with Gasteiger partial charge in [-0.05, 0) is 25.0 Å². The van der Waals surface area contributed by atoms with Crippen LogP contribution in [-0.2, 0) is 4.79 Å². The van der Waals surface area contributed by atoms with Crippen LogP contribution in [0.4, 0.5) is 5.95 Å². The molecule has 0 saturated carbocycles. The van der Waals surface area contributed by atoms with Gasteiger partial charge in [0.15, 0.2) is 0 Å². The topological polar surface area (TPSA) is 71.0 Å². The van der Waals surface area contributed by atoms with E-state index in [1.807, 2.05) is 29.2 Å². The molecule has 6 heteroatoms. The van der Waals surface area contributed by atoms with Gasteiger partial charge in [0.05, 0.1) is 5.52 Å². The maximum absolute atomic E-state index is 11.9. The van der Waals surface area contributed by atoms with Crippen LogP contribution in [0.25, 0.3) is 11.0 Å². The molecular weight excluding hydrogens is 254 g/mol. The first kappa shape index (κ1) is 12.8. The lowest BCUT2D eigenvalue weighted by Crippen LogP contribution is -2.29. The molecule has 1 aliphatic rings. The molecular formula is C14H17N5O. The summed E-state index contributed by atoms with van der Waals surface area (Å²) < 4.78 is 0. The second-order valence-electron chi connectivity index (χ2n) is 4.89. The largest absolute Gasteiger partial charge is 0.352 e. The van der Waals surface area contributed by atoms with E-state index in [9.17, 15) is 4.79 Å². The second-order valence-corrected chi connectivity index (χ2v) is 4.89. The van der Waals surface area contributed by atoms with Gasteiger partial charge in [0.2, 0.25) is 11.9 Å². The minimum atomic E-state index is 0.198. The zero-order valence-corrected chi connectivity index (χ0v) is 11.2. The fourth-order valence-corrected chi connectivity index (χ4v) is 2.36. The van der Waals surface area contributed by atoms with Gasteiger partial charge in [-0.25, -0.2) is 4.98 Å². The summed E-state index contributed by atoms with van der Waals surface area (Å²) in [6.07, 6.45) is 2.71. The van der Waals surface area contributed by atoms with Crippen LogP contribution in [0.15, 0.2) is 24.3 Å². The number of fused-ring (bicyclic) bond motifs is 1. The Hall–Kier alpha value is -2.24. The first-order chi connectivity index (χ1) is 9.83. The van der Waals surface area contributed by atoms with E-state index in [1.54, 1.807) is 0 Å². The minimum absolute atomic E-state index is 0.198. The fraction of sp³-hybridized carbons (Fsp3) is 0.429. The van der Waals surface area contributed by atoms with Crippen LogP contribution in [0.5, 0.6) is 0 Å². The molecule has 0 radical (unpaired) electrons. The third-order valence-electron chi connectivity index (χ3n) is 3.44. The number of para-hydroxylation sites is 1. The van der Waals surface area contributed by atoms with Crippen LogP contribution in [0, 0.1) is 0 Å². The van der Waals surface area contributed by atoms with Crippen molar-refractivity contribution in [1.82, 2.24) is 20.1 Å². The molecule has 6 nitrogen and oxygen atoms in total. The smallest absolute Gasteiger partial charge is 0.243 e. The molecule has 0 spiro atoms. The molecule has 2 aromatic rings. The molecule has 2 heterocycles. The predicted molar refractivity (Wildman–Crippen MR) is 76.3 cm³/mol. The van der Waals surface area contributed by atoms with Gasteiger partial charge in [0.1, 0.15) is 5.52 Å². The molecule has 1 saturated heterocycles. The summed E-state index contributed by atoms with van der Waals surface area (Å²) in [6.45, 7) is 2.33. The van der Waals surface area contributed by atoms with Crippen LogP contribution in [0.2, 0.25) is 0 Å². The summed E-state index contributed by atoms with van der Waals surface area (Å²) in [6, 6.07) is 7.58. The molecule has 0 bridgehead atoms. The van der Waals surface area contributed by atoms with Gasteiger partial charge in [0.25, 0.3) is 0 Å². The SMILES string of the molecule is O=C(CCNc1nnc2ccccc2n1)N1CCCC1. The predicted octanol–water partition coefficient (Wildman–Crippen LogP) is 1.45. The number of carbonyl (C=O) groups is 1. The molecule has 0 unspecified atom stereocenters. The van der Waals surface area contributed by atoms with Crippen molar-refractivity contribution in [2.45, 2.75) is 19.3 Å². The van der Waals surface area contributed by atoms with Crippen LogP contribution in [-0.4, -0.2) is 45.6 Å². The van der Waals surface area contributed by atoms with E-state index in [0.717, 1.165) is 37.0 Å². The molecule has 3 rings (SSSR count). The van der Waals surface area contributed by atoms with Gasteiger partial charge in [-0.15, -0.1) is 10.2 Å². The van der Waals surface area contributed by atoms with Gasteiger partial charge in [-0.2, -0.15) is 0 Å². The molecule has 0 aliphatic carbocycles. The molecule has 1 aromatic heterocycles. The summed E-state index contributed by atoms with van der Waals surface area (Å²) in [4.78, 5) is 18.2. The summed E-state index contributed by atoms with van der Waals surface area (Å²) in [5.74, 6) is 0.668. The van der Waals surface area contributed by atoms with Crippen molar-refractivity contribution < 1.29 is 4.79 Å². The van der Waals surface area contributed by atoms with E-state index in [1.165, 1.54) is 0 Å². The Kier molecular flexibility index (Phi) is 3.71. The highest BCUT2D eigenvalue weighted by atomic mass is 16.2. The van der Waals surface area contributed by atoms with Crippen LogP contribution >= 0.6 is 0 Å². The highest BCUT2D eigenvalue weighted by molar-refractivity contribution is 5.77. The van der Waals surface area contributed by atoms with Gasteiger partial charge in [-0.3, -0.25) is 4.79 Å². The number of benzene rings is 1. The molecule has 20 heavy (non-hydrogen) atoms. The van der Waals surface area contributed by atoms with Crippen LogP contribution in [0.1, 0.15) is 19.3 Å². The van der Waals surface area contributed by atoms with Crippen LogP contribution in [0.3, 0.4) is 0 Å². The first-order valence-corrected chi connectivity index (χ1v) is 6.94. The average Bonchev–Trinajstić information content (AvgIpc) is 3.01. The normalized spacial score (nSPS) is 14.7. The number of hydrogen-bond acceptors (Lipinski definition) is 5. The Balaban J connectivity index is 1.55. The monoisotopic (exact) mass is 271 g/mol. The summed E-state index contributed by atoms with van der Waals surface area (Å²) in [5, 5.41) is 11.1. The van der Waals surface area contributed by atoms with E-state index in [-0.39, 0.29) is 5.91 Å². The lowest BCUT2D eigenvalue weighted by atomic mass is 10.3. The zero-order chi connectivity index (χ0) is 13.8. The van der Waals surface area contributed by atoms with Crippen molar-refractivity contribution >= 4 is 22.9 Å². The lowest BCUT2D eigenvalue weighted by molar-refractivity contribution is -0.129. The van der Waals surface area contributed by atoms with E-state index in [2.05, 4.69) is 20.5 Å². The van der Waals surface area contributed by atoms with Crippen molar-refractivity contribution in [3.05, 3.63) is 24.3 Å². The van der Waals surface area contributed by atoms with E-state index in [4.69, 9.17) is 0 Å². The lowest BCUT2D eigenvalue weighted by Gasteiger charge is -2.15. The molecule has 1 aromatic carbocycles. The zero-order valence-electron chi connectivity index (χ0n) is 11.2. The van der Waals surface area contributed by atoms with Gasteiger partial charge in [0, 0.05) is 26.1 Å². The molecule has 1 N–H and O–H groups in total. The average molecular weight is 271 g/mol. The highest BCUT2D eigenvalue weighted by Crippen LogP contribution is 2.10. The number of rotatable bonds is 4. The van der Waals surface area contributed by atoms with Crippen molar-refractivity contribution in [1.29, 1.82) is 0 Å². The molecule has 1 aliphatic heterocycles. The van der Waals surface area contributed by atoms with E-state index < -0.39 is 0 Å². The summed E-state index contributed by atoms with van der Waals surface area (Å²) >= 11 is 0. The van der Waals surface area contributed by atoms with Crippen molar-refractivity contribution in [3.63, 3.8) is 0 Å². The Bertz CT molecular complexity index is 609. The Morgan fingerprint density at radius 1 is 1.15 bits per heavy atom. The number of aromatic nitrogens is 3. The fourth-order valence-electron chi connectivity index (χ4n) is 2.36. The Labute approximate surface area is 117 Å². The second kappa shape index (κ2) is 5.81. The maximum atomic E-state index is 11.9. The van der Waals surface area contributed by atoms with Crippen molar-refractivity contribution in [3.8, 4) is 0 Å². The number of carbonyl (C=O) groups excluding carboxylic acids is 1. The molecule has 1 amide bonds. The summed E-state index contributed by atoms with van der Waals surface area (Å²) in [5.41, 5.74) is 1.57. The molecule has 1 fully saturated rings. The standard InChI is InChI=1S/C14H17N5O/c20-13(19-9-3-4-10-19)7-8-15-14-16-11-5-1-2-6-12(11)17-18-14/h1-2,5-6H,3-4,7-10H2,(H,15,16,18). The van der Waals surface area contributed by atoms with E-state index >= 15 is 0 Å².